The van der Waals surface area contributed by atoms with Crippen molar-refractivity contribution < 1.29 is 0 Å². The molecular formula is C16H20Cl2N2S. The Balaban J connectivity index is 2.17. The predicted molar refractivity (Wildman–Crippen MR) is 93.5 cm³/mol. The molecule has 0 bridgehead atoms. The molecule has 2 atom stereocenters. The lowest BCUT2D eigenvalue weighted by Gasteiger charge is -2.33. The predicted octanol–water partition coefficient (Wildman–Crippen LogP) is 4.62. The Morgan fingerprint density at radius 2 is 2.05 bits per heavy atom. The van der Waals surface area contributed by atoms with Crippen LogP contribution in [0.3, 0.4) is 0 Å². The molecule has 0 fully saturated rings. The van der Waals surface area contributed by atoms with Crippen LogP contribution in [0.1, 0.15) is 23.4 Å². The molecule has 1 aromatic carbocycles. The summed E-state index contributed by atoms with van der Waals surface area (Å²) in [5.74, 6) is 0. The minimum Gasteiger partial charge on any atom is -0.329 e. The number of nitrogens with two attached hydrogens (primary N) is 1. The van der Waals surface area contributed by atoms with Crippen molar-refractivity contribution in [1.29, 1.82) is 0 Å². The molecule has 0 amide bonds. The van der Waals surface area contributed by atoms with Crippen molar-refractivity contribution in [2.45, 2.75) is 25.4 Å². The van der Waals surface area contributed by atoms with Crippen molar-refractivity contribution >= 4 is 34.5 Å². The van der Waals surface area contributed by atoms with Crippen LogP contribution in [-0.4, -0.2) is 24.5 Å². The molecule has 2 N–H and O–H groups in total. The molecule has 0 aliphatic rings. The van der Waals surface area contributed by atoms with Crippen LogP contribution in [0.25, 0.3) is 0 Å². The first-order valence-electron chi connectivity index (χ1n) is 6.92. The van der Waals surface area contributed by atoms with Gasteiger partial charge in [-0.1, -0.05) is 29.3 Å². The fourth-order valence-corrected chi connectivity index (χ4v) is 3.70. The van der Waals surface area contributed by atoms with Crippen LogP contribution >= 0.6 is 34.5 Å². The standard InChI is InChI=1S/C16H20Cl2N2S/c1-11(8-13-4-3-7-21-13)20(2)16(10-19)14-9-12(17)5-6-15(14)18/h3-7,9,11,16H,8,10,19H2,1-2H3. The zero-order valence-corrected chi connectivity index (χ0v) is 14.6. The smallest absolute Gasteiger partial charge is 0.0485 e. The third-order valence-corrected chi connectivity index (χ3v) is 5.28. The molecule has 114 valence electrons. The number of hydrogen-bond donors (Lipinski definition) is 1. The number of halogens is 2. The lowest BCUT2D eigenvalue weighted by atomic mass is 10.0. The SMILES string of the molecule is CC(Cc1cccs1)N(C)C(CN)c1cc(Cl)ccc1Cl. The van der Waals surface area contributed by atoms with E-state index < -0.39 is 0 Å². The van der Waals surface area contributed by atoms with E-state index in [1.165, 1.54) is 4.88 Å². The van der Waals surface area contributed by atoms with Crippen LogP contribution in [0.5, 0.6) is 0 Å². The Hall–Kier alpha value is -0.580. The van der Waals surface area contributed by atoms with E-state index in [9.17, 15) is 0 Å². The van der Waals surface area contributed by atoms with Crippen LogP contribution in [0.15, 0.2) is 35.7 Å². The van der Waals surface area contributed by atoms with E-state index in [1.54, 1.807) is 17.4 Å². The first-order valence-corrected chi connectivity index (χ1v) is 8.55. The van der Waals surface area contributed by atoms with Gasteiger partial charge >= 0.3 is 0 Å². The van der Waals surface area contributed by atoms with Crippen LogP contribution in [-0.2, 0) is 6.42 Å². The second-order valence-corrected chi connectivity index (χ2v) is 7.09. The molecule has 5 heteroatoms. The van der Waals surface area contributed by atoms with E-state index in [0.717, 1.165) is 12.0 Å². The van der Waals surface area contributed by atoms with Gasteiger partial charge in [0.1, 0.15) is 0 Å². The molecular weight excluding hydrogens is 323 g/mol. The van der Waals surface area contributed by atoms with Crippen molar-refractivity contribution in [3.05, 3.63) is 56.2 Å². The summed E-state index contributed by atoms with van der Waals surface area (Å²) in [5, 5.41) is 3.51. The first kappa shape index (κ1) is 16.8. The normalized spacial score (nSPS) is 14.4. The van der Waals surface area contributed by atoms with E-state index in [1.807, 2.05) is 12.1 Å². The van der Waals surface area contributed by atoms with Crippen LogP contribution in [0.4, 0.5) is 0 Å². The van der Waals surface area contributed by atoms with Gasteiger partial charge in [0.05, 0.1) is 0 Å². The Labute approximate surface area is 140 Å². The molecule has 0 aliphatic carbocycles. The zero-order valence-electron chi connectivity index (χ0n) is 12.2. The molecule has 0 saturated heterocycles. The lowest BCUT2D eigenvalue weighted by Crippen LogP contribution is -2.38. The molecule has 21 heavy (non-hydrogen) atoms. The topological polar surface area (TPSA) is 29.3 Å². The Bertz CT molecular complexity index is 572. The highest BCUT2D eigenvalue weighted by atomic mass is 35.5. The van der Waals surface area contributed by atoms with Gasteiger partial charge in [0.2, 0.25) is 0 Å². The van der Waals surface area contributed by atoms with E-state index in [0.29, 0.717) is 22.6 Å². The monoisotopic (exact) mass is 342 g/mol. The Morgan fingerprint density at radius 3 is 2.67 bits per heavy atom. The van der Waals surface area contributed by atoms with Crippen molar-refractivity contribution in [1.82, 2.24) is 4.90 Å². The second kappa shape index (κ2) is 7.61. The summed E-state index contributed by atoms with van der Waals surface area (Å²) in [6.45, 7) is 2.71. The van der Waals surface area contributed by atoms with Crippen molar-refractivity contribution in [3.8, 4) is 0 Å². The highest BCUT2D eigenvalue weighted by Gasteiger charge is 2.23. The van der Waals surface area contributed by atoms with Gasteiger partial charge in [0, 0.05) is 33.6 Å². The maximum atomic E-state index is 6.32. The average Bonchev–Trinajstić information content (AvgIpc) is 2.96. The van der Waals surface area contributed by atoms with Crippen LogP contribution in [0, 0.1) is 0 Å². The van der Waals surface area contributed by atoms with Gasteiger partial charge in [-0.05, 0) is 55.6 Å². The molecule has 2 unspecified atom stereocenters. The van der Waals surface area contributed by atoms with E-state index in [-0.39, 0.29) is 6.04 Å². The molecule has 0 radical (unpaired) electrons. The van der Waals surface area contributed by atoms with Crippen molar-refractivity contribution in [2.24, 2.45) is 5.73 Å². The summed E-state index contributed by atoms with van der Waals surface area (Å²) in [6, 6.07) is 10.2. The van der Waals surface area contributed by atoms with Crippen molar-refractivity contribution in [3.63, 3.8) is 0 Å². The van der Waals surface area contributed by atoms with Crippen LogP contribution < -0.4 is 5.73 Å². The van der Waals surface area contributed by atoms with Crippen LogP contribution in [0.2, 0.25) is 10.0 Å². The van der Waals surface area contributed by atoms with Gasteiger partial charge in [0.15, 0.2) is 0 Å². The summed E-state index contributed by atoms with van der Waals surface area (Å²) in [6.07, 6.45) is 1.00. The minimum absolute atomic E-state index is 0.0613. The lowest BCUT2D eigenvalue weighted by molar-refractivity contribution is 0.188. The fraction of sp³-hybridized carbons (Fsp3) is 0.375. The van der Waals surface area contributed by atoms with Gasteiger partial charge in [-0.15, -0.1) is 11.3 Å². The molecule has 2 nitrogen and oxygen atoms in total. The van der Waals surface area contributed by atoms with Gasteiger partial charge in [-0.2, -0.15) is 0 Å². The molecule has 1 aromatic heterocycles. The number of rotatable bonds is 6. The zero-order chi connectivity index (χ0) is 15.4. The quantitative estimate of drug-likeness (QED) is 0.829. The number of benzene rings is 1. The van der Waals surface area contributed by atoms with Gasteiger partial charge < -0.3 is 5.73 Å². The maximum Gasteiger partial charge on any atom is 0.0485 e. The van der Waals surface area contributed by atoms with Gasteiger partial charge in [-0.3, -0.25) is 4.90 Å². The second-order valence-electron chi connectivity index (χ2n) is 5.22. The van der Waals surface area contributed by atoms with E-state index >= 15 is 0 Å². The average molecular weight is 343 g/mol. The van der Waals surface area contributed by atoms with Gasteiger partial charge in [0.25, 0.3) is 0 Å². The van der Waals surface area contributed by atoms with Gasteiger partial charge in [-0.25, -0.2) is 0 Å². The summed E-state index contributed by atoms with van der Waals surface area (Å²) in [4.78, 5) is 3.65. The number of nitrogens with zero attached hydrogens (tertiary/aromatic N) is 1. The molecule has 0 saturated carbocycles. The highest BCUT2D eigenvalue weighted by Crippen LogP contribution is 2.30. The molecule has 2 aromatic rings. The molecule has 2 rings (SSSR count). The summed E-state index contributed by atoms with van der Waals surface area (Å²) in [5.41, 5.74) is 6.99. The summed E-state index contributed by atoms with van der Waals surface area (Å²) < 4.78 is 0. The number of likely N-dealkylation sites (N-methyl/N-ethyl adjacent to an activating group) is 1. The third-order valence-electron chi connectivity index (χ3n) is 3.80. The molecule has 1 heterocycles. The summed E-state index contributed by atoms with van der Waals surface area (Å²) >= 11 is 14.2. The minimum atomic E-state index is 0.0613. The molecule has 0 aliphatic heterocycles. The van der Waals surface area contributed by atoms with Crippen molar-refractivity contribution in [2.75, 3.05) is 13.6 Å². The largest absolute Gasteiger partial charge is 0.329 e. The Kier molecular flexibility index (Phi) is 6.08. The maximum absolute atomic E-state index is 6.32. The number of hydrogen-bond acceptors (Lipinski definition) is 3. The fourth-order valence-electron chi connectivity index (χ4n) is 2.45. The first-order chi connectivity index (χ1) is 10.0. The molecule has 0 spiro atoms. The highest BCUT2D eigenvalue weighted by molar-refractivity contribution is 7.09. The van der Waals surface area contributed by atoms with E-state index in [2.05, 4.69) is 36.4 Å². The third kappa shape index (κ3) is 4.21. The Morgan fingerprint density at radius 1 is 1.29 bits per heavy atom. The summed E-state index contributed by atoms with van der Waals surface area (Å²) in [7, 11) is 2.09. The number of thiophene rings is 1. The van der Waals surface area contributed by atoms with E-state index in [4.69, 9.17) is 28.9 Å².